The average Bonchev–Trinajstić information content (AvgIpc) is 2.95. The molecule has 122 valence electrons. The van der Waals surface area contributed by atoms with E-state index >= 15 is 0 Å². The number of aryl methyl sites for hydroxylation is 1. The zero-order valence-corrected chi connectivity index (χ0v) is 15.3. The molecule has 1 aliphatic heterocycles. The third kappa shape index (κ3) is 4.23. The van der Waals surface area contributed by atoms with Gasteiger partial charge in [0.2, 0.25) is 15.9 Å². The molecule has 0 atom stereocenters. The van der Waals surface area contributed by atoms with Gasteiger partial charge in [-0.1, -0.05) is 15.9 Å². The highest BCUT2D eigenvalue weighted by molar-refractivity contribution is 9.10. The van der Waals surface area contributed by atoms with Crippen LogP contribution in [0.2, 0.25) is 0 Å². The molecule has 7 heteroatoms. The van der Waals surface area contributed by atoms with Crippen LogP contribution in [-0.2, 0) is 14.8 Å². The van der Waals surface area contributed by atoms with Crippen LogP contribution in [0.4, 0.5) is 5.69 Å². The molecule has 0 bridgehead atoms. The minimum absolute atomic E-state index is 0.0278. The van der Waals surface area contributed by atoms with Crippen LogP contribution in [0.5, 0.6) is 0 Å². The van der Waals surface area contributed by atoms with E-state index in [1.165, 1.54) is 10.6 Å². The zero-order valence-electron chi connectivity index (χ0n) is 12.9. The summed E-state index contributed by atoms with van der Waals surface area (Å²) >= 11 is 3.41. The molecule has 22 heavy (non-hydrogen) atoms. The highest BCUT2D eigenvalue weighted by atomic mass is 79.9. The largest absolute Gasteiger partial charge is 0.343 e. The number of nitrogens with zero attached hydrogens (tertiary/aromatic N) is 2. The van der Waals surface area contributed by atoms with Crippen molar-refractivity contribution in [3.8, 4) is 0 Å². The van der Waals surface area contributed by atoms with E-state index in [1.807, 2.05) is 24.0 Å². The molecular weight excluding hydrogens is 368 g/mol. The van der Waals surface area contributed by atoms with Gasteiger partial charge < -0.3 is 4.90 Å². The number of amides is 1. The van der Waals surface area contributed by atoms with Crippen LogP contribution in [-0.4, -0.2) is 45.1 Å². The van der Waals surface area contributed by atoms with Gasteiger partial charge in [-0.25, -0.2) is 8.42 Å². The molecule has 1 heterocycles. The standard InChI is InChI=1S/C15H21BrN2O3S/c1-12-11-13(5-6-14(12)16)18(22(2,20)21)10-7-15(19)17-8-3-4-9-17/h5-6,11H,3-4,7-10H2,1-2H3. The molecule has 2 rings (SSSR count). The SMILES string of the molecule is Cc1cc(N(CCC(=O)N2CCCC2)S(C)(=O)=O)ccc1Br. The molecule has 1 aliphatic rings. The lowest BCUT2D eigenvalue weighted by Gasteiger charge is -2.24. The number of hydrogen-bond acceptors (Lipinski definition) is 3. The lowest BCUT2D eigenvalue weighted by Crippen LogP contribution is -2.35. The normalized spacial score (nSPS) is 15.1. The molecule has 1 fully saturated rings. The summed E-state index contributed by atoms with van der Waals surface area (Å²) in [5.41, 5.74) is 1.55. The maximum atomic E-state index is 12.1. The molecule has 0 spiro atoms. The van der Waals surface area contributed by atoms with Crippen LogP contribution in [0.25, 0.3) is 0 Å². The summed E-state index contributed by atoms with van der Waals surface area (Å²) in [4.78, 5) is 13.9. The van der Waals surface area contributed by atoms with Gasteiger partial charge in [0.05, 0.1) is 11.9 Å². The lowest BCUT2D eigenvalue weighted by molar-refractivity contribution is -0.129. The fourth-order valence-corrected chi connectivity index (χ4v) is 3.76. The highest BCUT2D eigenvalue weighted by Gasteiger charge is 2.22. The second-order valence-corrected chi connectivity index (χ2v) is 8.37. The van der Waals surface area contributed by atoms with E-state index in [2.05, 4.69) is 15.9 Å². The van der Waals surface area contributed by atoms with Gasteiger partial charge >= 0.3 is 0 Å². The van der Waals surface area contributed by atoms with Crippen molar-refractivity contribution >= 4 is 37.5 Å². The third-order valence-corrected chi connectivity index (χ3v) is 5.90. The summed E-state index contributed by atoms with van der Waals surface area (Å²) < 4.78 is 26.3. The molecule has 1 saturated heterocycles. The first-order valence-electron chi connectivity index (χ1n) is 7.30. The summed E-state index contributed by atoms with van der Waals surface area (Å²) in [6.45, 7) is 3.66. The van der Waals surface area contributed by atoms with Crippen LogP contribution in [0, 0.1) is 6.92 Å². The van der Waals surface area contributed by atoms with Crippen LogP contribution in [0.3, 0.4) is 0 Å². The Balaban J connectivity index is 2.13. The Labute approximate surface area is 140 Å². The third-order valence-electron chi connectivity index (χ3n) is 3.82. The maximum Gasteiger partial charge on any atom is 0.232 e. The van der Waals surface area contributed by atoms with E-state index < -0.39 is 10.0 Å². The number of benzene rings is 1. The molecule has 1 aromatic rings. The van der Waals surface area contributed by atoms with Crippen molar-refractivity contribution in [3.05, 3.63) is 28.2 Å². The van der Waals surface area contributed by atoms with Crippen LogP contribution < -0.4 is 4.31 Å². The van der Waals surface area contributed by atoms with Gasteiger partial charge in [0.1, 0.15) is 0 Å². The second kappa shape index (κ2) is 7.00. The molecule has 0 aliphatic carbocycles. The minimum Gasteiger partial charge on any atom is -0.343 e. The number of halogens is 1. The first-order valence-corrected chi connectivity index (χ1v) is 9.95. The van der Waals surface area contributed by atoms with Crippen molar-refractivity contribution < 1.29 is 13.2 Å². The molecule has 1 amide bonds. The average molecular weight is 389 g/mol. The molecule has 0 saturated carbocycles. The number of rotatable bonds is 5. The molecule has 1 aromatic carbocycles. The number of anilines is 1. The monoisotopic (exact) mass is 388 g/mol. The molecule has 0 N–H and O–H groups in total. The fraction of sp³-hybridized carbons (Fsp3) is 0.533. The first-order chi connectivity index (χ1) is 10.3. The van der Waals surface area contributed by atoms with Gasteiger partial charge in [-0.2, -0.15) is 0 Å². The van der Waals surface area contributed by atoms with Crippen molar-refractivity contribution in [2.24, 2.45) is 0 Å². The summed E-state index contributed by atoms with van der Waals surface area (Å²) in [6.07, 6.45) is 3.45. The topological polar surface area (TPSA) is 57.7 Å². The predicted octanol–water partition coefficient (Wildman–Crippen LogP) is 2.54. The number of hydrogen-bond donors (Lipinski definition) is 0. The Morgan fingerprint density at radius 3 is 2.50 bits per heavy atom. The van der Waals surface area contributed by atoms with Gasteiger partial charge in [0.25, 0.3) is 0 Å². The lowest BCUT2D eigenvalue weighted by atomic mass is 10.2. The van der Waals surface area contributed by atoms with Crippen LogP contribution in [0.1, 0.15) is 24.8 Å². The molecule has 0 unspecified atom stereocenters. The van der Waals surface area contributed by atoms with Gasteiger partial charge in [-0.3, -0.25) is 9.10 Å². The predicted molar refractivity (Wildman–Crippen MR) is 91.5 cm³/mol. The highest BCUT2D eigenvalue weighted by Crippen LogP contribution is 2.25. The fourth-order valence-electron chi connectivity index (χ4n) is 2.59. The van der Waals surface area contributed by atoms with Crippen LogP contribution in [0.15, 0.2) is 22.7 Å². The molecule has 0 radical (unpaired) electrons. The van der Waals surface area contributed by atoms with E-state index in [0.717, 1.165) is 36.0 Å². The van der Waals surface area contributed by atoms with Crippen molar-refractivity contribution in [2.45, 2.75) is 26.2 Å². The zero-order chi connectivity index (χ0) is 16.3. The van der Waals surface area contributed by atoms with Crippen molar-refractivity contribution in [2.75, 3.05) is 30.2 Å². The van der Waals surface area contributed by atoms with E-state index in [0.29, 0.717) is 5.69 Å². The molecular formula is C15H21BrN2O3S. The van der Waals surface area contributed by atoms with Gasteiger partial charge in [-0.05, 0) is 43.5 Å². The van der Waals surface area contributed by atoms with E-state index in [9.17, 15) is 13.2 Å². The van der Waals surface area contributed by atoms with E-state index in [1.54, 1.807) is 6.07 Å². The van der Waals surface area contributed by atoms with Gasteiger partial charge in [-0.15, -0.1) is 0 Å². The smallest absolute Gasteiger partial charge is 0.232 e. The summed E-state index contributed by atoms with van der Waals surface area (Å²) in [7, 11) is -3.42. The van der Waals surface area contributed by atoms with Crippen molar-refractivity contribution in [1.82, 2.24) is 4.90 Å². The number of likely N-dealkylation sites (tertiary alicyclic amines) is 1. The summed E-state index contributed by atoms with van der Waals surface area (Å²) in [5, 5.41) is 0. The Kier molecular flexibility index (Phi) is 5.50. The summed E-state index contributed by atoms with van der Waals surface area (Å²) in [6, 6.07) is 5.38. The quantitative estimate of drug-likeness (QED) is 0.778. The Morgan fingerprint density at radius 2 is 1.95 bits per heavy atom. The Hall–Kier alpha value is -1.08. The van der Waals surface area contributed by atoms with Crippen molar-refractivity contribution in [3.63, 3.8) is 0 Å². The second-order valence-electron chi connectivity index (χ2n) is 5.61. The van der Waals surface area contributed by atoms with E-state index in [4.69, 9.17) is 0 Å². The Morgan fingerprint density at radius 1 is 1.32 bits per heavy atom. The maximum absolute atomic E-state index is 12.1. The summed E-state index contributed by atoms with van der Waals surface area (Å²) in [5.74, 6) is 0.0278. The Bertz CT molecular complexity index is 655. The van der Waals surface area contributed by atoms with E-state index in [-0.39, 0.29) is 18.9 Å². The van der Waals surface area contributed by atoms with Crippen molar-refractivity contribution in [1.29, 1.82) is 0 Å². The number of sulfonamides is 1. The molecule has 5 nitrogen and oxygen atoms in total. The van der Waals surface area contributed by atoms with Gasteiger partial charge in [0.15, 0.2) is 0 Å². The number of carbonyl (C=O) groups excluding carboxylic acids is 1. The van der Waals surface area contributed by atoms with Crippen LogP contribution >= 0.6 is 15.9 Å². The molecule has 0 aromatic heterocycles. The van der Waals surface area contributed by atoms with Gasteiger partial charge in [0, 0.05) is 30.5 Å². The minimum atomic E-state index is -3.42. The number of carbonyl (C=O) groups is 1. The first kappa shape index (κ1) is 17.3.